The highest BCUT2D eigenvalue weighted by Gasteiger charge is 2.06. The van der Waals surface area contributed by atoms with Crippen LogP contribution in [0.15, 0.2) is 59.4 Å². The Morgan fingerprint density at radius 2 is 2.00 bits per heavy atom. The third-order valence-electron chi connectivity index (χ3n) is 3.58. The second-order valence-electron chi connectivity index (χ2n) is 5.44. The van der Waals surface area contributed by atoms with Gasteiger partial charge in [0.1, 0.15) is 12.3 Å². The summed E-state index contributed by atoms with van der Waals surface area (Å²) in [7, 11) is 0. The van der Waals surface area contributed by atoms with E-state index in [1.165, 1.54) is 16.5 Å². The highest BCUT2D eigenvalue weighted by atomic mass is 35.5. The molecular formula is C19H15ClN2O3. The van der Waals surface area contributed by atoms with Gasteiger partial charge in [-0.3, -0.25) is 9.20 Å². The van der Waals surface area contributed by atoms with Crippen LogP contribution in [-0.4, -0.2) is 15.4 Å². The third-order valence-corrected chi connectivity index (χ3v) is 3.83. The zero-order valence-electron chi connectivity index (χ0n) is 13.5. The summed E-state index contributed by atoms with van der Waals surface area (Å²) in [4.78, 5) is 28.3. The summed E-state index contributed by atoms with van der Waals surface area (Å²) in [6, 6.07) is 13.8. The fourth-order valence-electron chi connectivity index (χ4n) is 2.37. The molecular weight excluding hydrogens is 340 g/mol. The highest BCUT2D eigenvalue weighted by Crippen LogP contribution is 2.11. The van der Waals surface area contributed by atoms with Crippen LogP contribution >= 0.6 is 11.6 Å². The number of benzene rings is 1. The molecule has 3 rings (SSSR count). The van der Waals surface area contributed by atoms with E-state index in [9.17, 15) is 9.59 Å². The van der Waals surface area contributed by atoms with E-state index in [0.717, 1.165) is 11.3 Å². The van der Waals surface area contributed by atoms with E-state index in [4.69, 9.17) is 16.3 Å². The molecule has 0 spiro atoms. The molecule has 0 aliphatic heterocycles. The summed E-state index contributed by atoms with van der Waals surface area (Å²) >= 11 is 5.81. The monoisotopic (exact) mass is 354 g/mol. The molecule has 0 fully saturated rings. The Morgan fingerprint density at radius 3 is 2.76 bits per heavy atom. The van der Waals surface area contributed by atoms with Crippen LogP contribution < -0.4 is 5.56 Å². The lowest BCUT2D eigenvalue weighted by molar-refractivity contribution is -0.139. The first-order valence-electron chi connectivity index (χ1n) is 7.62. The van der Waals surface area contributed by atoms with Gasteiger partial charge in [0.25, 0.3) is 5.56 Å². The lowest BCUT2D eigenvalue weighted by Crippen LogP contribution is -2.18. The maximum atomic E-state index is 12.2. The van der Waals surface area contributed by atoms with Crippen LogP contribution in [0.5, 0.6) is 0 Å². The molecule has 126 valence electrons. The number of hydrogen-bond donors (Lipinski definition) is 0. The standard InChI is InChI=1S/C19H15ClN2O3/c1-13-3-2-4-17-21-16(11-18(23)22(13)17)12-25-19(24)10-7-14-5-8-15(20)9-6-14/h2-11H,12H2,1H3/b10-7+. The molecule has 0 amide bonds. The van der Waals surface area contributed by atoms with Gasteiger partial charge in [0.15, 0.2) is 0 Å². The van der Waals surface area contributed by atoms with Gasteiger partial charge in [-0.25, -0.2) is 9.78 Å². The van der Waals surface area contributed by atoms with Gasteiger partial charge in [0.2, 0.25) is 0 Å². The molecule has 0 aliphatic carbocycles. The van der Waals surface area contributed by atoms with E-state index >= 15 is 0 Å². The molecule has 25 heavy (non-hydrogen) atoms. The van der Waals surface area contributed by atoms with Gasteiger partial charge in [-0.1, -0.05) is 29.8 Å². The quantitative estimate of drug-likeness (QED) is 0.532. The van der Waals surface area contributed by atoms with E-state index < -0.39 is 5.97 Å². The molecule has 2 aromatic heterocycles. The van der Waals surface area contributed by atoms with Crippen LogP contribution in [0.1, 0.15) is 17.0 Å². The molecule has 0 radical (unpaired) electrons. The van der Waals surface area contributed by atoms with Crippen molar-refractivity contribution in [3.8, 4) is 0 Å². The van der Waals surface area contributed by atoms with Crippen molar-refractivity contribution in [2.24, 2.45) is 0 Å². The van der Waals surface area contributed by atoms with Crippen LogP contribution in [0.4, 0.5) is 0 Å². The van der Waals surface area contributed by atoms with Crippen molar-refractivity contribution in [3.05, 3.63) is 86.9 Å². The van der Waals surface area contributed by atoms with Crippen LogP contribution in [0.2, 0.25) is 5.02 Å². The van der Waals surface area contributed by atoms with Crippen LogP contribution in [0.3, 0.4) is 0 Å². The Hall–Kier alpha value is -2.92. The number of aryl methyl sites for hydroxylation is 1. The van der Waals surface area contributed by atoms with Gasteiger partial charge in [-0.2, -0.15) is 0 Å². The van der Waals surface area contributed by atoms with E-state index in [-0.39, 0.29) is 12.2 Å². The first-order chi connectivity index (χ1) is 12.0. The number of halogens is 1. The number of nitrogens with zero attached hydrogens (tertiary/aromatic N) is 2. The van der Waals surface area contributed by atoms with Crippen LogP contribution in [0.25, 0.3) is 11.7 Å². The molecule has 1 aromatic carbocycles. The molecule has 5 nitrogen and oxygen atoms in total. The molecule has 0 saturated carbocycles. The zero-order valence-corrected chi connectivity index (χ0v) is 14.2. The van der Waals surface area contributed by atoms with Crippen LogP contribution in [-0.2, 0) is 16.1 Å². The summed E-state index contributed by atoms with van der Waals surface area (Å²) in [5, 5.41) is 0.628. The van der Waals surface area contributed by atoms with Crippen molar-refractivity contribution in [2.75, 3.05) is 0 Å². The second-order valence-corrected chi connectivity index (χ2v) is 5.88. The molecule has 0 bridgehead atoms. The van der Waals surface area contributed by atoms with Gasteiger partial charge >= 0.3 is 5.97 Å². The predicted molar refractivity (Wildman–Crippen MR) is 96.5 cm³/mol. The Balaban J connectivity index is 1.69. The van der Waals surface area contributed by atoms with Gasteiger partial charge in [-0.05, 0) is 42.8 Å². The van der Waals surface area contributed by atoms with Crippen molar-refractivity contribution in [1.82, 2.24) is 9.38 Å². The molecule has 3 aromatic rings. The fourth-order valence-corrected chi connectivity index (χ4v) is 2.49. The van der Waals surface area contributed by atoms with E-state index in [0.29, 0.717) is 16.4 Å². The number of ether oxygens (including phenoxy) is 1. The van der Waals surface area contributed by atoms with Gasteiger partial charge in [0, 0.05) is 22.9 Å². The first kappa shape index (κ1) is 16.9. The molecule has 0 saturated heterocycles. The predicted octanol–water partition coefficient (Wildman–Crippen LogP) is 3.41. The number of rotatable bonds is 4. The van der Waals surface area contributed by atoms with Crippen molar-refractivity contribution in [2.45, 2.75) is 13.5 Å². The lowest BCUT2D eigenvalue weighted by atomic mass is 10.2. The summed E-state index contributed by atoms with van der Waals surface area (Å²) in [6.07, 6.45) is 2.95. The number of aromatic nitrogens is 2. The van der Waals surface area contributed by atoms with E-state index in [1.807, 2.05) is 19.1 Å². The highest BCUT2D eigenvalue weighted by molar-refractivity contribution is 6.30. The van der Waals surface area contributed by atoms with Crippen LogP contribution in [0, 0.1) is 6.92 Å². The van der Waals surface area contributed by atoms with Crippen molar-refractivity contribution in [3.63, 3.8) is 0 Å². The van der Waals surface area contributed by atoms with Gasteiger partial charge < -0.3 is 4.74 Å². The number of pyridine rings is 1. The summed E-state index contributed by atoms with van der Waals surface area (Å²) in [6.45, 7) is 1.76. The van der Waals surface area contributed by atoms with Gasteiger partial charge in [0.05, 0.1) is 5.69 Å². The molecule has 2 heterocycles. The maximum Gasteiger partial charge on any atom is 0.331 e. The number of hydrogen-bond acceptors (Lipinski definition) is 4. The van der Waals surface area contributed by atoms with Crippen molar-refractivity contribution < 1.29 is 9.53 Å². The SMILES string of the molecule is Cc1cccc2nc(COC(=O)/C=C/c3ccc(Cl)cc3)cc(=O)n12. The Bertz CT molecular complexity index is 1010. The molecule has 0 N–H and O–H groups in total. The van der Waals surface area contributed by atoms with Gasteiger partial charge in [-0.15, -0.1) is 0 Å². The Kier molecular flexibility index (Phi) is 4.95. The smallest absolute Gasteiger partial charge is 0.331 e. The fraction of sp³-hybridized carbons (Fsp3) is 0.105. The number of carbonyl (C=O) groups is 1. The summed E-state index contributed by atoms with van der Waals surface area (Å²) < 4.78 is 6.65. The Morgan fingerprint density at radius 1 is 1.24 bits per heavy atom. The first-order valence-corrected chi connectivity index (χ1v) is 7.99. The minimum atomic E-state index is -0.513. The maximum absolute atomic E-state index is 12.2. The molecule has 6 heteroatoms. The average Bonchev–Trinajstić information content (AvgIpc) is 2.59. The zero-order chi connectivity index (χ0) is 17.8. The normalized spacial score (nSPS) is 11.1. The third kappa shape index (κ3) is 4.14. The number of fused-ring (bicyclic) bond motifs is 1. The number of carbonyl (C=O) groups excluding carboxylic acids is 1. The lowest BCUT2D eigenvalue weighted by Gasteiger charge is -2.06. The summed E-state index contributed by atoms with van der Waals surface area (Å²) in [5.41, 5.74) is 2.35. The Labute approximate surface area is 149 Å². The molecule has 0 aliphatic rings. The van der Waals surface area contributed by atoms with E-state index in [2.05, 4.69) is 4.98 Å². The van der Waals surface area contributed by atoms with Crippen molar-refractivity contribution in [1.29, 1.82) is 0 Å². The number of esters is 1. The minimum absolute atomic E-state index is 0.0660. The minimum Gasteiger partial charge on any atom is -0.456 e. The summed E-state index contributed by atoms with van der Waals surface area (Å²) in [5.74, 6) is -0.513. The largest absolute Gasteiger partial charge is 0.456 e. The topological polar surface area (TPSA) is 60.7 Å². The molecule has 0 unspecified atom stereocenters. The second kappa shape index (κ2) is 7.32. The van der Waals surface area contributed by atoms with E-state index in [1.54, 1.807) is 36.4 Å². The molecule has 0 atom stereocenters. The average molecular weight is 355 g/mol. The van der Waals surface area contributed by atoms with Crippen molar-refractivity contribution >= 4 is 29.3 Å².